The maximum absolute atomic E-state index is 10.9. The second-order valence-corrected chi connectivity index (χ2v) is 4.09. The zero-order valence-corrected chi connectivity index (χ0v) is 10.7. The number of ether oxygens (including phenoxy) is 1. The van der Waals surface area contributed by atoms with Crippen LogP contribution in [-0.2, 0) is 9.53 Å². The first-order chi connectivity index (χ1) is 7.25. The Kier molecular flexibility index (Phi) is 8.61. The van der Waals surface area contributed by atoms with Gasteiger partial charge in [-0.3, -0.25) is 9.69 Å². The van der Waals surface area contributed by atoms with E-state index in [9.17, 15) is 4.79 Å². The van der Waals surface area contributed by atoms with Crippen LogP contribution in [-0.4, -0.2) is 48.8 Å². The third-order valence-electron chi connectivity index (χ3n) is 2.94. The standard InChI is InChI=1S/C11H21NO3.ClH/c1-15-9-4-2-3-7-12-8-5-6-10(12)11(13)14;/h10H,2-9H2,1H3,(H,13,14);1H/t10-;/m0./s1. The van der Waals surface area contributed by atoms with Crippen LogP contribution >= 0.6 is 12.4 Å². The van der Waals surface area contributed by atoms with Gasteiger partial charge < -0.3 is 9.84 Å². The molecule has 0 amide bonds. The first-order valence-corrected chi connectivity index (χ1v) is 5.71. The molecular formula is C11H22ClNO3. The smallest absolute Gasteiger partial charge is 0.320 e. The third-order valence-corrected chi connectivity index (χ3v) is 2.94. The molecule has 1 saturated heterocycles. The number of hydrogen-bond donors (Lipinski definition) is 1. The van der Waals surface area contributed by atoms with Crippen molar-refractivity contribution < 1.29 is 14.6 Å². The van der Waals surface area contributed by atoms with Crippen molar-refractivity contribution in [3.8, 4) is 0 Å². The van der Waals surface area contributed by atoms with Crippen molar-refractivity contribution in [1.82, 2.24) is 4.90 Å². The number of aliphatic carboxylic acids is 1. The molecule has 1 aliphatic heterocycles. The van der Waals surface area contributed by atoms with Crippen LogP contribution in [0.15, 0.2) is 0 Å². The summed E-state index contributed by atoms with van der Waals surface area (Å²) in [4.78, 5) is 13.0. The van der Waals surface area contributed by atoms with Gasteiger partial charge in [0.25, 0.3) is 0 Å². The van der Waals surface area contributed by atoms with Crippen molar-refractivity contribution in [2.24, 2.45) is 0 Å². The van der Waals surface area contributed by atoms with Gasteiger partial charge in [0.05, 0.1) is 0 Å². The molecule has 0 aromatic rings. The Morgan fingerprint density at radius 2 is 2.19 bits per heavy atom. The minimum Gasteiger partial charge on any atom is -0.480 e. The number of nitrogens with zero attached hydrogens (tertiary/aromatic N) is 1. The number of hydrogen-bond acceptors (Lipinski definition) is 3. The van der Waals surface area contributed by atoms with Crippen molar-refractivity contribution in [1.29, 1.82) is 0 Å². The predicted octanol–water partition coefficient (Wildman–Crippen LogP) is 1.77. The highest BCUT2D eigenvalue weighted by atomic mass is 35.5. The fraction of sp³-hybridized carbons (Fsp3) is 0.909. The largest absolute Gasteiger partial charge is 0.480 e. The molecule has 0 aromatic heterocycles. The van der Waals surface area contributed by atoms with E-state index in [0.717, 1.165) is 51.8 Å². The summed E-state index contributed by atoms with van der Waals surface area (Å²) in [6.07, 6.45) is 5.11. The molecule has 0 saturated carbocycles. The Labute approximate surface area is 103 Å². The van der Waals surface area contributed by atoms with Crippen LogP contribution in [0, 0.1) is 0 Å². The highest BCUT2D eigenvalue weighted by Crippen LogP contribution is 2.17. The number of unbranched alkanes of at least 4 members (excludes halogenated alkanes) is 2. The predicted molar refractivity (Wildman–Crippen MR) is 65.2 cm³/mol. The van der Waals surface area contributed by atoms with Gasteiger partial charge in [0.1, 0.15) is 6.04 Å². The Morgan fingerprint density at radius 1 is 1.44 bits per heavy atom. The molecule has 1 rings (SSSR count). The zero-order valence-electron chi connectivity index (χ0n) is 9.85. The van der Waals surface area contributed by atoms with E-state index in [0.29, 0.717) is 0 Å². The molecule has 4 nitrogen and oxygen atoms in total. The molecule has 96 valence electrons. The Bertz CT molecular complexity index is 202. The van der Waals surface area contributed by atoms with Gasteiger partial charge in [-0.05, 0) is 45.2 Å². The monoisotopic (exact) mass is 251 g/mol. The fourth-order valence-corrected chi connectivity index (χ4v) is 2.11. The second-order valence-electron chi connectivity index (χ2n) is 4.09. The average Bonchev–Trinajstić information content (AvgIpc) is 2.66. The summed E-state index contributed by atoms with van der Waals surface area (Å²) < 4.78 is 4.97. The lowest BCUT2D eigenvalue weighted by atomic mass is 10.2. The maximum Gasteiger partial charge on any atom is 0.320 e. The number of carboxylic acids is 1. The number of rotatable bonds is 7. The number of methoxy groups -OCH3 is 1. The molecule has 1 N–H and O–H groups in total. The topological polar surface area (TPSA) is 49.8 Å². The molecule has 0 aromatic carbocycles. The van der Waals surface area contributed by atoms with Gasteiger partial charge in [-0.15, -0.1) is 12.4 Å². The molecule has 1 heterocycles. The number of carbonyl (C=O) groups is 1. The zero-order chi connectivity index (χ0) is 11.1. The van der Waals surface area contributed by atoms with Crippen LogP contribution in [0.2, 0.25) is 0 Å². The van der Waals surface area contributed by atoms with E-state index in [2.05, 4.69) is 4.90 Å². The molecule has 16 heavy (non-hydrogen) atoms. The van der Waals surface area contributed by atoms with Gasteiger partial charge in [0.15, 0.2) is 0 Å². The minimum atomic E-state index is -0.663. The Morgan fingerprint density at radius 3 is 2.81 bits per heavy atom. The molecule has 0 spiro atoms. The first kappa shape index (κ1) is 15.7. The molecule has 0 aliphatic carbocycles. The van der Waals surface area contributed by atoms with E-state index < -0.39 is 5.97 Å². The van der Waals surface area contributed by atoms with Crippen molar-refractivity contribution >= 4 is 18.4 Å². The van der Waals surface area contributed by atoms with Crippen LogP contribution in [0.25, 0.3) is 0 Å². The van der Waals surface area contributed by atoms with Gasteiger partial charge in [0, 0.05) is 13.7 Å². The van der Waals surface area contributed by atoms with Crippen molar-refractivity contribution in [2.75, 3.05) is 26.8 Å². The van der Waals surface area contributed by atoms with E-state index in [-0.39, 0.29) is 18.4 Å². The highest BCUT2D eigenvalue weighted by molar-refractivity contribution is 5.85. The summed E-state index contributed by atoms with van der Waals surface area (Å²) in [7, 11) is 1.71. The molecule has 1 fully saturated rings. The van der Waals surface area contributed by atoms with E-state index in [1.807, 2.05) is 0 Å². The van der Waals surface area contributed by atoms with Crippen LogP contribution in [0.3, 0.4) is 0 Å². The fourth-order valence-electron chi connectivity index (χ4n) is 2.11. The normalized spacial score (nSPS) is 20.7. The molecule has 5 heteroatoms. The van der Waals surface area contributed by atoms with Crippen LogP contribution < -0.4 is 0 Å². The van der Waals surface area contributed by atoms with Gasteiger partial charge in [0.2, 0.25) is 0 Å². The van der Waals surface area contributed by atoms with Crippen LogP contribution in [0.1, 0.15) is 32.1 Å². The van der Waals surface area contributed by atoms with Crippen molar-refractivity contribution in [3.63, 3.8) is 0 Å². The summed E-state index contributed by atoms with van der Waals surface area (Å²) in [6.45, 7) is 2.67. The second kappa shape index (κ2) is 8.79. The summed E-state index contributed by atoms with van der Waals surface area (Å²) in [6, 6.07) is -0.229. The van der Waals surface area contributed by atoms with Gasteiger partial charge in [-0.2, -0.15) is 0 Å². The lowest BCUT2D eigenvalue weighted by molar-refractivity contribution is -0.142. The number of likely N-dealkylation sites (tertiary alicyclic amines) is 1. The lowest BCUT2D eigenvalue weighted by Gasteiger charge is -2.20. The first-order valence-electron chi connectivity index (χ1n) is 5.71. The molecule has 1 aliphatic rings. The summed E-state index contributed by atoms with van der Waals surface area (Å²) in [5.74, 6) is -0.663. The third kappa shape index (κ3) is 5.14. The lowest BCUT2D eigenvalue weighted by Crippen LogP contribution is -2.36. The maximum atomic E-state index is 10.9. The summed E-state index contributed by atoms with van der Waals surface area (Å²) in [5.41, 5.74) is 0. The SMILES string of the molecule is COCCCCCN1CCC[C@H]1C(=O)O.Cl. The molecular weight excluding hydrogens is 230 g/mol. The van der Waals surface area contributed by atoms with Crippen molar-refractivity contribution in [2.45, 2.75) is 38.1 Å². The summed E-state index contributed by atoms with van der Waals surface area (Å²) >= 11 is 0. The number of halogens is 1. The van der Waals surface area contributed by atoms with Crippen LogP contribution in [0.5, 0.6) is 0 Å². The Hall–Kier alpha value is -0.320. The molecule has 1 atom stereocenters. The molecule has 0 radical (unpaired) electrons. The van der Waals surface area contributed by atoms with Gasteiger partial charge in [-0.1, -0.05) is 0 Å². The van der Waals surface area contributed by atoms with E-state index in [1.54, 1.807) is 7.11 Å². The number of carboxylic acid groups (broad SMARTS) is 1. The highest BCUT2D eigenvalue weighted by Gasteiger charge is 2.29. The molecule has 0 bridgehead atoms. The minimum absolute atomic E-state index is 0. The Balaban J connectivity index is 0.00000225. The van der Waals surface area contributed by atoms with E-state index in [1.165, 1.54) is 0 Å². The summed E-state index contributed by atoms with van der Waals surface area (Å²) in [5, 5.41) is 8.96. The van der Waals surface area contributed by atoms with E-state index in [4.69, 9.17) is 9.84 Å². The quantitative estimate of drug-likeness (QED) is 0.701. The van der Waals surface area contributed by atoms with Gasteiger partial charge >= 0.3 is 5.97 Å². The van der Waals surface area contributed by atoms with Crippen LogP contribution in [0.4, 0.5) is 0 Å². The van der Waals surface area contributed by atoms with Gasteiger partial charge in [-0.25, -0.2) is 0 Å². The van der Waals surface area contributed by atoms with E-state index >= 15 is 0 Å². The van der Waals surface area contributed by atoms with Crippen molar-refractivity contribution in [3.05, 3.63) is 0 Å². The average molecular weight is 252 g/mol. The molecule has 0 unspecified atom stereocenters.